The first-order chi connectivity index (χ1) is 8.65. The third-order valence-electron chi connectivity index (χ3n) is 3.06. The second-order valence-electron chi connectivity index (χ2n) is 4.56. The first-order valence-corrected chi connectivity index (χ1v) is 6.18. The first-order valence-electron chi connectivity index (χ1n) is 6.18. The highest BCUT2D eigenvalue weighted by Crippen LogP contribution is 2.23. The molecule has 0 heterocycles. The molecule has 0 bridgehead atoms. The zero-order valence-electron chi connectivity index (χ0n) is 10.2. The maximum atomic E-state index is 13.0. The molecule has 0 saturated heterocycles. The first kappa shape index (κ1) is 12.6. The lowest BCUT2D eigenvalue weighted by molar-refractivity contribution is -0.115. The molecule has 0 atom stereocenters. The van der Waals surface area contributed by atoms with Crippen molar-refractivity contribution in [2.75, 3.05) is 11.1 Å². The second-order valence-corrected chi connectivity index (χ2v) is 4.56. The number of nitrogens with two attached hydrogens (primary N) is 1. The molecule has 3 nitrogen and oxygen atoms in total. The summed E-state index contributed by atoms with van der Waals surface area (Å²) >= 11 is 0. The van der Waals surface area contributed by atoms with Gasteiger partial charge in [0.2, 0.25) is 5.91 Å². The number of halogens is 1. The van der Waals surface area contributed by atoms with Gasteiger partial charge in [-0.3, -0.25) is 4.79 Å². The number of allylic oxidation sites excluding steroid dienone is 1. The quantitative estimate of drug-likeness (QED) is 0.637. The third kappa shape index (κ3) is 3.32. The van der Waals surface area contributed by atoms with Crippen molar-refractivity contribution in [1.82, 2.24) is 0 Å². The number of nitrogen functional groups attached to an aromatic ring is 1. The minimum atomic E-state index is -0.406. The van der Waals surface area contributed by atoms with E-state index >= 15 is 0 Å². The van der Waals surface area contributed by atoms with Gasteiger partial charge in [-0.2, -0.15) is 0 Å². The van der Waals surface area contributed by atoms with Crippen LogP contribution in [0.4, 0.5) is 15.8 Å². The molecule has 3 N–H and O–H groups in total. The number of anilines is 2. The smallest absolute Gasteiger partial charge is 0.228 e. The minimum absolute atomic E-state index is 0.138. The largest absolute Gasteiger partial charge is 0.397 e. The second kappa shape index (κ2) is 5.67. The highest BCUT2D eigenvalue weighted by atomic mass is 19.1. The number of hydrogen-bond acceptors (Lipinski definition) is 2. The molecule has 1 amide bonds. The number of carbonyl (C=O) groups is 1. The van der Waals surface area contributed by atoms with Gasteiger partial charge in [-0.1, -0.05) is 11.6 Å². The van der Waals surface area contributed by atoms with Crippen LogP contribution in [0.3, 0.4) is 0 Å². The standard InChI is InChI=1S/C14H17FN2O/c15-11-6-7-12(16)13(9-11)17-14(18)8-10-4-2-1-3-5-10/h4,6-7,9H,1-3,5,8,16H2,(H,17,18). The summed E-state index contributed by atoms with van der Waals surface area (Å²) in [6, 6.07) is 3.96. The maximum absolute atomic E-state index is 13.0. The Bertz CT molecular complexity index is 483. The molecular weight excluding hydrogens is 231 g/mol. The molecule has 4 heteroatoms. The van der Waals surface area contributed by atoms with Gasteiger partial charge in [0.15, 0.2) is 0 Å². The number of amides is 1. The highest BCUT2D eigenvalue weighted by molar-refractivity contribution is 5.95. The Morgan fingerprint density at radius 3 is 2.94 bits per heavy atom. The van der Waals surface area contributed by atoms with E-state index < -0.39 is 5.82 Å². The molecule has 0 spiro atoms. The number of nitrogens with one attached hydrogen (secondary N) is 1. The predicted octanol–water partition coefficient (Wildman–Crippen LogP) is 3.24. The monoisotopic (exact) mass is 248 g/mol. The van der Waals surface area contributed by atoms with Gasteiger partial charge in [-0.05, 0) is 43.9 Å². The van der Waals surface area contributed by atoms with Gasteiger partial charge in [-0.25, -0.2) is 4.39 Å². The lowest BCUT2D eigenvalue weighted by atomic mass is 9.97. The van der Waals surface area contributed by atoms with E-state index in [1.807, 2.05) is 0 Å². The van der Waals surface area contributed by atoms with Crippen molar-refractivity contribution in [2.45, 2.75) is 32.1 Å². The van der Waals surface area contributed by atoms with Gasteiger partial charge in [0.25, 0.3) is 0 Å². The van der Waals surface area contributed by atoms with Crippen molar-refractivity contribution in [1.29, 1.82) is 0 Å². The summed E-state index contributed by atoms with van der Waals surface area (Å²) in [5.41, 5.74) is 7.56. The van der Waals surface area contributed by atoms with E-state index in [2.05, 4.69) is 11.4 Å². The molecule has 0 aliphatic heterocycles. The van der Waals surface area contributed by atoms with Gasteiger partial charge in [0, 0.05) is 6.42 Å². The maximum Gasteiger partial charge on any atom is 0.228 e. The molecular formula is C14H17FN2O. The summed E-state index contributed by atoms with van der Waals surface area (Å²) in [5, 5.41) is 2.65. The molecule has 1 aromatic rings. The van der Waals surface area contributed by atoms with Crippen LogP contribution in [0.1, 0.15) is 32.1 Å². The summed E-state index contributed by atoms with van der Waals surface area (Å²) in [7, 11) is 0. The fourth-order valence-electron chi connectivity index (χ4n) is 2.10. The third-order valence-corrected chi connectivity index (χ3v) is 3.06. The topological polar surface area (TPSA) is 55.1 Å². The molecule has 0 radical (unpaired) electrons. The van der Waals surface area contributed by atoms with Crippen LogP contribution < -0.4 is 11.1 Å². The lowest BCUT2D eigenvalue weighted by Crippen LogP contribution is -2.14. The van der Waals surface area contributed by atoms with E-state index in [9.17, 15) is 9.18 Å². The van der Waals surface area contributed by atoms with E-state index in [1.54, 1.807) is 0 Å². The Hall–Kier alpha value is -1.84. The number of benzene rings is 1. The van der Waals surface area contributed by atoms with Crippen LogP contribution in [0.25, 0.3) is 0 Å². The van der Waals surface area contributed by atoms with Crippen LogP contribution in [0, 0.1) is 5.82 Å². The van der Waals surface area contributed by atoms with Gasteiger partial charge in [0.1, 0.15) is 5.82 Å². The Balaban J connectivity index is 1.98. The molecule has 1 aliphatic rings. The van der Waals surface area contributed by atoms with Gasteiger partial charge < -0.3 is 11.1 Å². The Morgan fingerprint density at radius 1 is 1.39 bits per heavy atom. The Kier molecular flexibility index (Phi) is 3.97. The average molecular weight is 248 g/mol. The van der Waals surface area contributed by atoms with Crippen molar-refractivity contribution in [3.05, 3.63) is 35.7 Å². The van der Waals surface area contributed by atoms with Crippen molar-refractivity contribution in [3.8, 4) is 0 Å². The van der Waals surface area contributed by atoms with Crippen LogP contribution in [-0.4, -0.2) is 5.91 Å². The summed E-state index contributed by atoms with van der Waals surface area (Å²) < 4.78 is 13.0. The van der Waals surface area contributed by atoms with E-state index in [0.29, 0.717) is 17.8 Å². The van der Waals surface area contributed by atoms with Crippen molar-refractivity contribution in [3.63, 3.8) is 0 Å². The van der Waals surface area contributed by atoms with Crippen molar-refractivity contribution >= 4 is 17.3 Å². The Labute approximate surface area is 106 Å². The van der Waals surface area contributed by atoms with Crippen LogP contribution >= 0.6 is 0 Å². The zero-order chi connectivity index (χ0) is 13.0. The SMILES string of the molecule is Nc1ccc(F)cc1NC(=O)CC1=CCCCC1. The molecule has 18 heavy (non-hydrogen) atoms. The van der Waals surface area contributed by atoms with Gasteiger partial charge in [0.05, 0.1) is 11.4 Å². The summed E-state index contributed by atoms with van der Waals surface area (Å²) in [4.78, 5) is 11.8. The zero-order valence-corrected chi connectivity index (χ0v) is 10.2. The van der Waals surface area contributed by atoms with Gasteiger partial charge >= 0.3 is 0 Å². The van der Waals surface area contributed by atoms with Crippen LogP contribution in [0.15, 0.2) is 29.8 Å². The van der Waals surface area contributed by atoms with Crippen LogP contribution in [-0.2, 0) is 4.79 Å². The summed E-state index contributed by atoms with van der Waals surface area (Å²) in [6.45, 7) is 0. The molecule has 1 aliphatic carbocycles. The summed E-state index contributed by atoms with van der Waals surface area (Å²) in [6.07, 6.45) is 6.86. The van der Waals surface area contributed by atoms with E-state index in [-0.39, 0.29) is 5.91 Å². The molecule has 96 valence electrons. The van der Waals surface area contributed by atoms with Crippen molar-refractivity contribution in [2.24, 2.45) is 0 Å². The van der Waals surface area contributed by atoms with E-state index in [4.69, 9.17) is 5.73 Å². The average Bonchev–Trinajstić information content (AvgIpc) is 2.35. The number of rotatable bonds is 3. The van der Waals surface area contributed by atoms with Crippen LogP contribution in [0.2, 0.25) is 0 Å². The lowest BCUT2D eigenvalue weighted by Gasteiger charge is -2.13. The normalized spacial score (nSPS) is 15.1. The number of carbonyl (C=O) groups excluding carboxylic acids is 1. The van der Waals surface area contributed by atoms with E-state index in [1.165, 1.54) is 24.6 Å². The molecule has 1 aromatic carbocycles. The van der Waals surface area contributed by atoms with E-state index in [0.717, 1.165) is 24.8 Å². The summed E-state index contributed by atoms with van der Waals surface area (Å²) in [5.74, 6) is -0.545. The minimum Gasteiger partial charge on any atom is -0.397 e. The predicted molar refractivity (Wildman–Crippen MR) is 70.6 cm³/mol. The molecule has 0 unspecified atom stereocenters. The molecule has 0 saturated carbocycles. The number of hydrogen-bond donors (Lipinski definition) is 2. The molecule has 2 rings (SSSR count). The van der Waals surface area contributed by atoms with Gasteiger partial charge in [-0.15, -0.1) is 0 Å². The van der Waals surface area contributed by atoms with Crippen molar-refractivity contribution < 1.29 is 9.18 Å². The molecule has 0 aromatic heterocycles. The fraction of sp³-hybridized carbons (Fsp3) is 0.357. The highest BCUT2D eigenvalue weighted by Gasteiger charge is 2.10. The Morgan fingerprint density at radius 2 is 2.22 bits per heavy atom. The van der Waals surface area contributed by atoms with Crippen LogP contribution in [0.5, 0.6) is 0 Å². The fourth-order valence-corrected chi connectivity index (χ4v) is 2.10. The molecule has 0 fully saturated rings.